The van der Waals surface area contributed by atoms with Crippen molar-refractivity contribution in [2.75, 3.05) is 13.1 Å². The predicted octanol–water partition coefficient (Wildman–Crippen LogP) is 3.02. The summed E-state index contributed by atoms with van der Waals surface area (Å²) in [6, 6.07) is -1.60. The second kappa shape index (κ2) is 10.6. The van der Waals surface area contributed by atoms with Gasteiger partial charge in [-0.15, -0.1) is 11.3 Å². The molecule has 1 aromatic rings. The van der Waals surface area contributed by atoms with Crippen LogP contribution in [0.2, 0.25) is 0 Å². The van der Waals surface area contributed by atoms with Crippen LogP contribution in [0.5, 0.6) is 0 Å². The minimum absolute atomic E-state index is 0.0654. The van der Waals surface area contributed by atoms with Gasteiger partial charge in [-0.2, -0.15) is 0 Å². The molecule has 202 valence electrons. The lowest BCUT2D eigenvalue weighted by molar-refractivity contribution is -0.144. The summed E-state index contributed by atoms with van der Waals surface area (Å²) in [6.07, 6.45) is 7.08. The van der Waals surface area contributed by atoms with E-state index in [1.165, 1.54) is 0 Å². The molecule has 8 nitrogen and oxygen atoms in total. The third-order valence-corrected chi connectivity index (χ3v) is 8.38. The quantitative estimate of drug-likeness (QED) is 0.500. The van der Waals surface area contributed by atoms with E-state index in [4.69, 9.17) is 5.73 Å². The summed E-state index contributed by atoms with van der Waals surface area (Å²) in [5.74, 6) is -1.31. The predicted molar refractivity (Wildman–Crippen MR) is 142 cm³/mol. The molecule has 3 atom stereocenters. The minimum atomic E-state index is -1.87. The maximum absolute atomic E-state index is 14.3. The monoisotopic (exact) mass is 531 g/mol. The molecular weight excluding hydrogens is 493 g/mol. The number of nitrogens with zero attached hydrogens (tertiary/aromatic N) is 2. The molecule has 0 aromatic carbocycles. The highest BCUT2D eigenvalue weighted by Gasteiger charge is 2.53. The number of thiazole rings is 1. The van der Waals surface area contributed by atoms with Crippen molar-refractivity contribution in [3.63, 3.8) is 0 Å². The van der Waals surface area contributed by atoms with Gasteiger partial charge in [-0.3, -0.25) is 14.4 Å². The number of amides is 3. The lowest BCUT2D eigenvalue weighted by Crippen LogP contribution is -2.59. The maximum Gasteiger partial charge on any atom is 0.258 e. The fourth-order valence-corrected chi connectivity index (χ4v) is 5.83. The molecule has 10 heteroatoms. The molecule has 2 fully saturated rings. The topological polar surface area (TPSA) is 117 Å². The summed E-state index contributed by atoms with van der Waals surface area (Å²) in [5, 5.41) is 5.64. The first-order valence-electron chi connectivity index (χ1n) is 13.0. The Morgan fingerprint density at radius 2 is 2.00 bits per heavy atom. The van der Waals surface area contributed by atoms with Gasteiger partial charge in [0.2, 0.25) is 11.8 Å². The zero-order chi connectivity index (χ0) is 27.0. The van der Waals surface area contributed by atoms with Gasteiger partial charge in [-0.05, 0) is 62.0 Å². The lowest BCUT2D eigenvalue weighted by Gasteiger charge is -2.35. The van der Waals surface area contributed by atoms with Crippen LogP contribution in [0.25, 0.3) is 5.57 Å². The molecule has 0 spiro atoms. The summed E-state index contributed by atoms with van der Waals surface area (Å²) in [6.45, 7) is 8.25. The number of hydrogen-bond acceptors (Lipinski definition) is 6. The van der Waals surface area contributed by atoms with E-state index in [0.717, 1.165) is 28.1 Å². The summed E-state index contributed by atoms with van der Waals surface area (Å²) in [7, 11) is 0. The number of rotatable bonds is 7. The second-order valence-electron chi connectivity index (χ2n) is 11.6. The Hall–Kier alpha value is -2.59. The van der Waals surface area contributed by atoms with Crippen molar-refractivity contribution in [2.24, 2.45) is 11.1 Å². The van der Waals surface area contributed by atoms with Crippen LogP contribution >= 0.6 is 11.3 Å². The van der Waals surface area contributed by atoms with Crippen LogP contribution in [0.4, 0.5) is 4.39 Å². The Labute approximate surface area is 222 Å². The zero-order valence-electron chi connectivity index (χ0n) is 22.1. The number of carbonyl (C=O) groups excluding carboxylic acids is 3. The third-order valence-electron chi connectivity index (χ3n) is 7.38. The van der Waals surface area contributed by atoms with Crippen molar-refractivity contribution < 1.29 is 18.8 Å². The zero-order valence-corrected chi connectivity index (χ0v) is 22.9. The van der Waals surface area contributed by atoms with Gasteiger partial charge >= 0.3 is 0 Å². The van der Waals surface area contributed by atoms with Crippen molar-refractivity contribution in [3.8, 4) is 0 Å². The normalized spacial score (nSPS) is 24.0. The third kappa shape index (κ3) is 6.29. The highest BCUT2D eigenvalue weighted by atomic mass is 32.1. The van der Waals surface area contributed by atoms with E-state index in [1.807, 2.05) is 39.3 Å². The number of aryl methyl sites for hydroxylation is 1. The number of likely N-dealkylation sites (tertiary alicyclic amines) is 1. The van der Waals surface area contributed by atoms with E-state index in [-0.39, 0.29) is 30.7 Å². The van der Waals surface area contributed by atoms with E-state index in [2.05, 4.69) is 21.7 Å². The van der Waals surface area contributed by atoms with E-state index < -0.39 is 29.1 Å². The molecule has 2 heterocycles. The Morgan fingerprint density at radius 1 is 1.27 bits per heavy atom. The molecule has 2 aliphatic carbocycles. The van der Waals surface area contributed by atoms with Crippen molar-refractivity contribution in [2.45, 2.75) is 90.0 Å². The Kier molecular flexibility index (Phi) is 7.90. The fourth-order valence-electron chi connectivity index (χ4n) is 4.99. The summed E-state index contributed by atoms with van der Waals surface area (Å²) < 4.78 is 14.3. The van der Waals surface area contributed by atoms with Gasteiger partial charge in [0.25, 0.3) is 5.91 Å². The van der Waals surface area contributed by atoms with Crippen molar-refractivity contribution in [1.82, 2.24) is 20.5 Å². The molecule has 1 aliphatic heterocycles. The average molecular weight is 532 g/mol. The van der Waals surface area contributed by atoms with Crippen LogP contribution in [-0.2, 0) is 14.4 Å². The van der Waals surface area contributed by atoms with Crippen LogP contribution in [0.15, 0.2) is 23.2 Å². The average Bonchev–Trinajstić information content (AvgIpc) is 3.24. The highest BCUT2D eigenvalue weighted by molar-refractivity contribution is 7.10. The lowest BCUT2D eigenvalue weighted by atomic mass is 9.85. The van der Waals surface area contributed by atoms with E-state index in [9.17, 15) is 18.8 Å². The van der Waals surface area contributed by atoms with Gasteiger partial charge in [-0.25, -0.2) is 9.37 Å². The van der Waals surface area contributed by atoms with Gasteiger partial charge < -0.3 is 21.3 Å². The molecule has 1 aromatic heterocycles. The van der Waals surface area contributed by atoms with Crippen molar-refractivity contribution in [3.05, 3.63) is 33.8 Å². The summed E-state index contributed by atoms with van der Waals surface area (Å²) >= 11 is 1.60. The van der Waals surface area contributed by atoms with Gasteiger partial charge in [0.05, 0.1) is 16.1 Å². The van der Waals surface area contributed by atoms with Crippen molar-refractivity contribution in [1.29, 1.82) is 0 Å². The molecule has 37 heavy (non-hydrogen) atoms. The molecular formula is C27H38FN5O3S. The van der Waals surface area contributed by atoms with Crippen LogP contribution in [-0.4, -0.2) is 64.5 Å². The molecule has 4 rings (SSSR count). The molecule has 0 radical (unpaired) electrons. The Morgan fingerprint density at radius 3 is 2.62 bits per heavy atom. The minimum Gasteiger partial charge on any atom is -0.351 e. The molecule has 4 N–H and O–H groups in total. The van der Waals surface area contributed by atoms with Gasteiger partial charge in [-0.1, -0.05) is 32.9 Å². The molecule has 3 amide bonds. The fraction of sp³-hybridized carbons (Fsp3) is 0.630. The molecule has 1 saturated carbocycles. The number of nitrogens with one attached hydrogen (secondary N) is 2. The number of halogens is 1. The summed E-state index contributed by atoms with van der Waals surface area (Å²) in [4.78, 5) is 46.1. The second-order valence-corrected chi connectivity index (χ2v) is 12.5. The number of carbonyl (C=O) groups is 3. The number of alkyl halides is 1. The first kappa shape index (κ1) is 27.4. The van der Waals surface area contributed by atoms with Crippen LogP contribution < -0.4 is 16.4 Å². The maximum atomic E-state index is 14.3. The molecule has 0 bridgehead atoms. The Balaban J connectivity index is 1.41. The van der Waals surface area contributed by atoms with E-state index in [0.29, 0.717) is 32.4 Å². The van der Waals surface area contributed by atoms with Crippen molar-refractivity contribution >= 4 is 34.6 Å². The molecule has 1 unspecified atom stereocenters. The standard InChI is InChI=1S/C27H38FN5O3S/c1-16-21(37-15-31-16)18-8-7-17(12-19(29)13-18)14-30-23(34)20-6-5-11-33(20)24(35)22(26(2,3)4)32-25(36)27(28)9-10-27/h7-8,15,19-20,22H,5-6,9-14,29H2,1-4H3,(H,30,34)(H,32,36)/t19?,20-,22+/m0/s1. The molecule has 3 aliphatic rings. The number of aromatic nitrogens is 1. The van der Waals surface area contributed by atoms with Crippen LogP contribution in [0, 0.1) is 12.3 Å². The van der Waals surface area contributed by atoms with Crippen LogP contribution in [0.1, 0.15) is 69.9 Å². The summed E-state index contributed by atoms with van der Waals surface area (Å²) in [5.41, 5.74) is 8.87. The SMILES string of the molecule is Cc1ncsc1C1=CC=C(CNC(=O)[C@@H]2CCCN2C(=O)[C@@H](NC(=O)C2(F)CC2)C(C)(C)C)CC(N)C1. The van der Waals surface area contributed by atoms with Gasteiger partial charge in [0, 0.05) is 19.1 Å². The van der Waals surface area contributed by atoms with Gasteiger partial charge in [0.1, 0.15) is 12.1 Å². The number of allylic oxidation sites excluding steroid dienone is 2. The number of hydrogen-bond donors (Lipinski definition) is 3. The van der Waals surface area contributed by atoms with Gasteiger partial charge in [0.15, 0.2) is 5.67 Å². The smallest absolute Gasteiger partial charge is 0.258 e. The highest BCUT2D eigenvalue weighted by Crippen LogP contribution is 2.40. The van der Waals surface area contributed by atoms with E-state index >= 15 is 0 Å². The Bertz CT molecular complexity index is 1120. The van der Waals surface area contributed by atoms with E-state index in [1.54, 1.807) is 16.2 Å². The molecule has 1 saturated heterocycles. The first-order chi connectivity index (χ1) is 17.4. The first-order valence-corrected chi connectivity index (χ1v) is 13.9. The van der Waals surface area contributed by atoms with Crippen LogP contribution in [0.3, 0.4) is 0 Å². The largest absolute Gasteiger partial charge is 0.351 e. The number of nitrogens with two attached hydrogens (primary N) is 1.